The van der Waals surface area contributed by atoms with Crippen molar-refractivity contribution in [3.63, 3.8) is 0 Å². The van der Waals surface area contributed by atoms with Gasteiger partial charge in [-0.25, -0.2) is 4.98 Å². The lowest BCUT2D eigenvalue weighted by Gasteiger charge is -2.00. The monoisotopic (exact) mass is 290 g/mol. The minimum Gasteiger partial charge on any atom is -0.271 e. The molecule has 0 bridgehead atoms. The molecule has 0 unspecified atom stereocenters. The number of aromatic nitrogens is 3. The molecule has 0 saturated heterocycles. The molecule has 2 heterocycles. The van der Waals surface area contributed by atoms with Crippen molar-refractivity contribution in [1.29, 1.82) is 5.26 Å². The number of nitriles is 1. The van der Waals surface area contributed by atoms with E-state index in [2.05, 4.69) is 32.1 Å². The first-order valence-corrected chi connectivity index (χ1v) is 6.09. The molecule has 0 fully saturated rings. The van der Waals surface area contributed by atoms with Crippen molar-refractivity contribution in [3.8, 4) is 6.07 Å². The van der Waals surface area contributed by atoms with Crippen LogP contribution in [-0.2, 0) is 13.0 Å². The number of pyridine rings is 1. The Kier molecular flexibility index (Phi) is 3.55. The van der Waals surface area contributed by atoms with Gasteiger partial charge in [0.05, 0.1) is 0 Å². The fraction of sp³-hybridized carbons (Fsp3) is 0.250. The zero-order valence-electron chi connectivity index (χ0n) is 9.39. The first-order chi connectivity index (χ1) is 8.24. The van der Waals surface area contributed by atoms with Gasteiger partial charge in [0, 0.05) is 30.9 Å². The van der Waals surface area contributed by atoms with Gasteiger partial charge in [0.25, 0.3) is 0 Å². The smallest absolute Gasteiger partial charge is 0.165 e. The molecule has 0 aliphatic heterocycles. The van der Waals surface area contributed by atoms with E-state index in [4.69, 9.17) is 5.26 Å². The molecule has 0 N–H and O–H groups in total. The Morgan fingerprint density at radius 2 is 2.29 bits per heavy atom. The minimum absolute atomic E-state index is 0.489. The molecule has 0 aromatic carbocycles. The van der Waals surface area contributed by atoms with Crippen LogP contribution in [0.4, 0.5) is 0 Å². The van der Waals surface area contributed by atoms with E-state index in [1.165, 1.54) is 0 Å². The lowest BCUT2D eigenvalue weighted by atomic mass is 10.1. The second-order valence-electron chi connectivity index (χ2n) is 3.60. The van der Waals surface area contributed by atoms with E-state index >= 15 is 0 Å². The van der Waals surface area contributed by atoms with Gasteiger partial charge in [-0.15, -0.1) is 0 Å². The van der Waals surface area contributed by atoms with Crippen molar-refractivity contribution in [2.24, 2.45) is 0 Å². The number of halogens is 1. The maximum absolute atomic E-state index is 9.02. The molecule has 2 aromatic rings. The van der Waals surface area contributed by atoms with Crippen LogP contribution in [0, 0.1) is 11.3 Å². The van der Waals surface area contributed by atoms with Crippen LogP contribution in [0.15, 0.2) is 29.1 Å². The maximum atomic E-state index is 9.02. The van der Waals surface area contributed by atoms with E-state index in [-0.39, 0.29) is 0 Å². The van der Waals surface area contributed by atoms with Crippen LogP contribution in [0.5, 0.6) is 0 Å². The van der Waals surface area contributed by atoms with E-state index in [1.807, 2.05) is 25.3 Å². The first kappa shape index (κ1) is 11.8. The molecule has 0 radical (unpaired) electrons. The van der Waals surface area contributed by atoms with Crippen molar-refractivity contribution >= 4 is 15.9 Å². The highest BCUT2D eigenvalue weighted by Gasteiger charge is 2.10. The lowest BCUT2D eigenvalue weighted by molar-refractivity contribution is 0.657. The molecule has 5 heteroatoms. The summed E-state index contributed by atoms with van der Waals surface area (Å²) in [4.78, 5) is 4.16. The van der Waals surface area contributed by atoms with Gasteiger partial charge in [-0.1, -0.05) is 6.07 Å². The highest BCUT2D eigenvalue weighted by molar-refractivity contribution is 9.10. The zero-order valence-corrected chi connectivity index (χ0v) is 11.0. The largest absolute Gasteiger partial charge is 0.271 e. The van der Waals surface area contributed by atoms with Gasteiger partial charge in [-0.05, 0) is 34.5 Å². The Balaban J connectivity index is 2.33. The van der Waals surface area contributed by atoms with Crippen LogP contribution in [0.1, 0.15) is 23.7 Å². The molecule has 0 aliphatic rings. The van der Waals surface area contributed by atoms with Crippen LogP contribution in [0.2, 0.25) is 0 Å². The third-order valence-corrected chi connectivity index (χ3v) is 3.20. The van der Waals surface area contributed by atoms with Gasteiger partial charge < -0.3 is 0 Å². The molecule has 86 valence electrons. The van der Waals surface area contributed by atoms with Gasteiger partial charge >= 0.3 is 0 Å². The molecule has 0 spiro atoms. The van der Waals surface area contributed by atoms with Crippen molar-refractivity contribution in [1.82, 2.24) is 14.8 Å². The molecular formula is C12H11BrN4. The lowest BCUT2D eigenvalue weighted by Crippen LogP contribution is -1.93. The third kappa shape index (κ3) is 2.53. The topological polar surface area (TPSA) is 54.5 Å². The highest BCUT2D eigenvalue weighted by atomic mass is 79.9. The average Bonchev–Trinajstić information content (AvgIpc) is 2.74. The van der Waals surface area contributed by atoms with Crippen molar-refractivity contribution in [3.05, 3.63) is 46.0 Å². The Bertz CT molecular complexity index is 568. The Morgan fingerprint density at radius 1 is 1.47 bits per heavy atom. The fourth-order valence-corrected chi connectivity index (χ4v) is 2.00. The summed E-state index contributed by atoms with van der Waals surface area (Å²) in [6, 6.07) is 6.00. The second kappa shape index (κ2) is 5.11. The normalized spacial score (nSPS) is 10.2. The summed E-state index contributed by atoms with van der Waals surface area (Å²) < 4.78 is 2.59. The summed E-state index contributed by atoms with van der Waals surface area (Å²) in [5.74, 6) is 0. The Morgan fingerprint density at radius 3 is 2.94 bits per heavy atom. The third-order valence-electron chi connectivity index (χ3n) is 2.48. The van der Waals surface area contributed by atoms with Crippen molar-refractivity contribution in [2.75, 3.05) is 0 Å². The van der Waals surface area contributed by atoms with E-state index < -0.39 is 0 Å². The standard InChI is InChI=1S/C12H11BrN4/c1-2-17-8-10(11(7-14)16-17)6-9-4-3-5-15-12(9)13/h3-5,8H,2,6H2,1H3. The van der Waals surface area contributed by atoms with E-state index in [0.717, 1.165) is 22.3 Å². The molecule has 0 atom stereocenters. The Hall–Kier alpha value is -1.67. The zero-order chi connectivity index (χ0) is 12.3. The molecule has 17 heavy (non-hydrogen) atoms. The van der Waals surface area contributed by atoms with Gasteiger partial charge in [-0.3, -0.25) is 4.68 Å². The maximum Gasteiger partial charge on any atom is 0.165 e. The van der Waals surface area contributed by atoms with Gasteiger partial charge in [0.15, 0.2) is 5.69 Å². The Labute approximate surface area is 108 Å². The second-order valence-corrected chi connectivity index (χ2v) is 4.35. The fourth-order valence-electron chi connectivity index (χ4n) is 1.60. The van der Waals surface area contributed by atoms with Gasteiger partial charge in [0.1, 0.15) is 10.7 Å². The molecule has 0 saturated carbocycles. The van der Waals surface area contributed by atoms with Crippen molar-refractivity contribution in [2.45, 2.75) is 19.9 Å². The van der Waals surface area contributed by atoms with Gasteiger partial charge in [0.2, 0.25) is 0 Å². The molecule has 2 rings (SSSR count). The molecule has 0 aliphatic carbocycles. The van der Waals surface area contributed by atoms with Crippen LogP contribution >= 0.6 is 15.9 Å². The van der Waals surface area contributed by atoms with Crippen LogP contribution < -0.4 is 0 Å². The van der Waals surface area contributed by atoms with E-state index in [1.54, 1.807) is 10.9 Å². The summed E-state index contributed by atoms with van der Waals surface area (Å²) in [5.41, 5.74) is 2.48. The SMILES string of the molecule is CCn1cc(Cc2cccnc2Br)c(C#N)n1. The number of hydrogen-bond donors (Lipinski definition) is 0. The highest BCUT2D eigenvalue weighted by Crippen LogP contribution is 2.18. The van der Waals surface area contributed by atoms with Gasteiger partial charge in [-0.2, -0.15) is 10.4 Å². The number of aryl methyl sites for hydroxylation is 1. The molecule has 4 nitrogen and oxygen atoms in total. The van der Waals surface area contributed by atoms with E-state index in [9.17, 15) is 0 Å². The predicted octanol–water partition coefficient (Wildman–Crippen LogP) is 2.52. The summed E-state index contributed by atoms with van der Waals surface area (Å²) >= 11 is 3.40. The summed E-state index contributed by atoms with van der Waals surface area (Å²) in [6.45, 7) is 2.76. The number of rotatable bonds is 3. The van der Waals surface area contributed by atoms with Crippen LogP contribution in [0.3, 0.4) is 0 Å². The summed E-state index contributed by atoms with van der Waals surface area (Å²) in [5, 5.41) is 13.2. The number of hydrogen-bond acceptors (Lipinski definition) is 3. The first-order valence-electron chi connectivity index (χ1n) is 5.30. The molecule has 0 amide bonds. The average molecular weight is 291 g/mol. The predicted molar refractivity (Wildman–Crippen MR) is 67.4 cm³/mol. The quantitative estimate of drug-likeness (QED) is 0.816. The van der Waals surface area contributed by atoms with Crippen LogP contribution in [0.25, 0.3) is 0 Å². The minimum atomic E-state index is 0.489. The van der Waals surface area contributed by atoms with Crippen molar-refractivity contribution < 1.29 is 0 Å². The molecule has 2 aromatic heterocycles. The molecular weight excluding hydrogens is 280 g/mol. The van der Waals surface area contributed by atoms with E-state index in [0.29, 0.717) is 12.1 Å². The number of nitrogens with zero attached hydrogens (tertiary/aromatic N) is 4. The van der Waals surface area contributed by atoms with Crippen LogP contribution in [-0.4, -0.2) is 14.8 Å². The summed E-state index contributed by atoms with van der Waals surface area (Å²) in [7, 11) is 0. The summed E-state index contributed by atoms with van der Waals surface area (Å²) in [6.07, 6.45) is 4.31.